The number of aryl methyl sites for hydroxylation is 1. The lowest BCUT2D eigenvalue weighted by molar-refractivity contribution is 0.289. The summed E-state index contributed by atoms with van der Waals surface area (Å²) in [5.74, 6) is 7.32. The second-order valence-corrected chi connectivity index (χ2v) is 3.86. The van der Waals surface area contributed by atoms with Crippen molar-refractivity contribution in [2.75, 3.05) is 6.61 Å². The van der Waals surface area contributed by atoms with E-state index in [9.17, 15) is 0 Å². The van der Waals surface area contributed by atoms with Crippen molar-refractivity contribution in [3.8, 4) is 17.6 Å². The highest BCUT2D eigenvalue weighted by molar-refractivity contribution is 5.45. The van der Waals surface area contributed by atoms with Gasteiger partial charge in [0.15, 0.2) is 5.82 Å². The van der Waals surface area contributed by atoms with Gasteiger partial charge in [0.05, 0.1) is 12.2 Å². The van der Waals surface area contributed by atoms with Crippen molar-refractivity contribution in [1.82, 2.24) is 14.8 Å². The third kappa shape index (κ3) is 3.57. The predicted molar refractivity (Wildman–Crippen MR) is 70.4 cm³/mol. The molecule has 0 saturated heterocycles. The van der Waals surface area contributed by atoms with Crippen LogP contribution < -0.4 is 4.74 Å². The van der Waals surface area contributed by atoms with E-state index < -0.39 is 0 Å². The van der Waals surface area contributed by atoms with Crippen molar-refractivity contribution in [2.45, 2.75) is 13.0 Å². The summed E-state index contributed by atoms with van der Waals surface area (Å²) in [6.45, 7) is 0.407. The first-order chi connectivity index (χ1) is 9.31. The Balaban J connectivity index is 2.08. The molecule has 0 radical (unpaired) electrons. The van der Waals surface area contributed by atoms with Gasteiger partial charge in [-0.3, -0.25) is 4.68 Å². The van der Waals surface area contributed by atoms with Crippen LogP contribution in [0.3, 0.4) is 0 Å². The third-order valence-electron chi connectivity index (χ3n) is 2.51. The molecule has 0 aliphatic heterocycles. The zero-order valence-electron chi connectivity index (χ0n) is 10.7. The molecule has 0 spiro atoms. The summed E-state index contributed by atoms with van der Waals surface area (Å²) < 4.78 is 7.37. The smallest absolute Gasteiger partial charge is 0.164 e. The number of para-hydroxylation sites is 1. The van der Waals surface area contributed by atoms with Crippen LogP contribution in [0.25, 0.3) is 0 Å². The lowest BCUT2D eigenvalue weighted by Crippen LogP contribution is -2.05. The Bertz CT molecular complexity index is 596. The number of hydrogen-bond donors (Lipinski definition) is 1. The summed E-state index contributed by atoms with van der Waals surface area (Å²) in [5.41, 5.74) is 0.804. The van der Waals surface area contributed by atoms with E-state index in [0.29, 0.717) is 18.8 Å². The van der Waals surface area contributed by atoms with E-state index in [1.165, 1.54) is 6.33 Å². The van der Waals surface area contributed by atoms with Crippen LogP contribution in [-0.4, -0.2) is 26.5 Å². The Morgan fingerprint density at radius 3 is 2.95 bits per heavy atom. The van der Waals surface area contributed by atoms with Gasteiger partial charge >= 0.3 is 0 Å². The monoisotopic (exact) mass is 257 g/mol. The molecular weight excluding hydrogens is 242 g/mol. The number of ether oxygens (including phenoxy) is 1. The molecule has 0 fully saturated rings. The van der Waals surface area contributed by atoms with Crippen LogP contribution in [0.4, 0.5) is 0 Å². The molecular formula is C14H15N3O2. The highest BCUT2D eigenvalue weighted by Crippen LogP contribution is 2.17. The molecule has 2 rings (SSSR count). The first-order valence-electron chi connectivity index (χ1n) is 5.95. The minimum Gasteiger partial charge on any atom is -0.484 e. The van der Waals surface area contributed by atoms with Crippen molar-refractivity contribution in [3.63, 3.8) is 0 Å². The summed E-state index contributed by atoms with van der Waals surface area (Å²) in [5, 5.41) is 12.7. The van der Waals surface area contributed by atoms with Crippen molar-refractivity contribution < 1.29 is 9.84 Å². The summed E-state index contributed by atoms with van der Waals surface area (Å²) in [6.07, 6.45) is 1.95. The Labute approximate surface area is 111 Å². The van der Waals surface area contributed by atoms with Crippen LogP contribution in [0.2, 0.25) is 0 Å². The van der Waals surface area contributed by atoms with Gasteiger partial charge in [-0.15, -0.1) is 0 Å². The Hall–Kier alpha value is -2.32. The van der Waals surface area contributed by atoms with Gasteiger partial charge in [-0.05, 0) is 12.1 Å². The van der Waals surface area contributed by atoms with Gasteiger partial charge in [0.25, 0.3) is 0 Å². The third-order valence-corrected chi connectivity index (χ3v) is 2.51. The number of aliphatic hydroxyl groups is 1. The zero-order chi connectivity index (χ0) is 13.5. The fourth-order valence-electron chi connectivity index (χ4n) is 1.50. The Kier molecular flexibility index (Phi) is 4.54. The summed E-state index contributed by atoms with van der Waals surface area (Å²) in [6, 6.07) is 7.54. The molecule has 1 heterocycles. The average Bonchev–Trinajstić information content (AvgIpc) is 2.83. The van der Waals surface area contributed by atoms with Crippen molar-refractivity contribution in [1.29, 1.82) is 0 Å². The number of aromatic nitrogens is 3. The van der Waals surface area contributed by atoms with E-state index in [1.807, 2.05) is 31.3 Å². The summed E-state index contributed by atoms with van der Waals surface area (Å²) >= 11 is 0. The first-order valence-corrected chi connectivity index (χ1v) is 5.95. The molecule has 5 heteroatoms. The molecule has 5 nitrogen and oxygen atoms in total. The highest BCUT2D eigenvalue weighted by Gasteiger charge is 2.04. The Morgan fingerprint density at radius 1 is 1.37 bits per heavy atom. The normalized spacial score (nSPS) is 9.79. The van der Waals surface area contributed by atoms with E-state index >= 15 is 0 Å². The average molecular weight is 257 g/mol. The molecule has 19 heavy (non-hydrogen) atoms. The zero-order valence-corrected chi connectivity index (χ0v) is 10.7. The van der Waals surface area contributed by atoms with Crippen molar-refractivity contribution in [3.05, 3.63) is 42.0 Å². The largest absolute Gasteiger partial charge is 0.484 e. The first kappa shape index (κ1) is 13.1. The number of aliphatic hydroxyl groups excluding tert-OH is 1. The summed E-state index contributed by atoms with van der Waals surface area (Å²) in [4.78, 5) is 4.09. The molecule has 1 aromatic heterocycles. The number of benzene rings is 1. The molecule has 0 amide bonds. The van der Waals surface area contributed by atoms with Gasteiger partial charge in [0.2, 0.25) is 0 Å². The van der Waals surface area contributed by atoms with Gasteiger partial charge in [-0.1, -0.05) is 24.0 Å². The van der Waals surface area contributed by atoms with Crippen LogP contribution in [-0.2, 0) is 13.7 Å². The number of nitrogens with zero attached hydrogens (tertiary/aromatic N) is 3. The van der Waals surface area contributed by atoms with Gasteiger partial charge in [-0.25, -0.2) is 4.98 Å². The maximum Gasteiger partial charge on any atom is 0.164 e. The van der Waals surface area contributed by atoms with Crippen LogP contribution >= 0.6 is 0 Å². The van der Waals surface area contributed by atoms with Gasteiger partial charge in [-0.2, -0.15) is 5.10 Å². The lowest BCUT2D eigenvalue weighted by Gasteiger charge is -2.07. The van der Waals surface area contributed by atoms with E-state index in [4.69, 9.17) is 9.84 Å². The van der Waals surface area contributed by atoms with E-state index in [1.54, 1.807) is 4.68 Å². The second kappa shape index (κ2) is 6.57. The maximum atomic E-state index is 8.72. The minimum atomic E-state index is 0.0644. The topological polar surface area (TPSA) is 60.2 Å². The maximum absolute atomic E-state index is 8.72. The fourth-order valence-corrected chi connectivity index (χ4v) is 1.50. The molecule has 1 N–H and O–H groups in total. The SMILES string of the molecule is Cn1ncnc1COc1ccccc1C#CCCO. The van der Waals surface area contributed by atoms with Crippen molar-refractivity contribution >= 4 is 0 Å². The second-order valence-electron chi connectivity index (χ2n) is 3.86. The van der Waals surface area contributed by atoms with E-state index in [-0.39, 0.29) is 6.61 Å². The summed E-state index contributed by atoms with van der Waals surface area (Å²) in [7, 11) is 1.82. The van der Waals surface area contributed by atoms with Gasteiger partial charge in [0.1, 0.15) is 18.7 Å². The minimum absolute atomic E-state index is 0.0644. The van der Waals surface area contributed by atoms with Crippen LogP contribution in [0.5, 0.6) is 5.75 Å². The Morgan fingerprint density at radius 2 is 2.21 bits per heavy atom. The molecule has 98 valence electrons. The van der Waals surface area contributed by atoms with E-state index in [2.05, 4.69) is 21.9 Å². The molecule has 0 aliphatic rings. The molecule has 2 aromatic rings. The van der Waals surface area contributed by atoms with Crippen LogP contribution in [0.1, 0.15) is 17.8 Å². The number of hydrogen-bond acceptors (Lipinski definition) is 4. The van der Waals surface area contributed by atoms with Crippen molar-refractivity contribution in [2.24, 2.45) is 7.05 Å². The van der Waals surface area contributed by atoms with Gasteiger partial charge in [0, 0.05) is 13.5 Å². The molecule has 1 aromatic carbocycles. The highest BCUT2D eigenvalue weighted by atomic mass is 16.5. The lowest BCUT2D eigenvalue weighted by atomic mass is 10.2. The molecule has 0 saturated carbocycles. The molecule has 0 unspecified atom stereocenters. The number of rotatable bonds is 4. The van der Waals surface area contributed by atoms with E-state index in [0.717, 1.165) is 11.4 Å². The van der Waals surface area contributed by atoms with Gasteiger partial charge < -0.3 is 9.84 Å². The predicted octanol–water partition coefficient (Wildman–Crippen LogP) is 1.13. The quantitative estimate of drug-likeness (QED) is 0.834. The molecule has 0 aliphatic carbocycles. The molecule has 0 bridgehead atoms. The standard InChI is InChI=1S/C14H15N3O2/c1-17-14(15-11-16-17)10-19-13-8-3-2-6-12(13)7-4-5-9-18/h2-3,6,8,11,18H,5,9-10H2,1H3. The fraction of sp³-hybridized carbons (Fsp3) is 0.286. The van der Waals surface area contributed by atoms with Crippen LogP contribution in [0, 0.1) is 11.8 Å². The molecule has 0 atom stereocenters. The van der Waals surface area contributed by atoms with Crippen LogP contribution in [0.15, 0.2) is 30.6 Å².